The normalized spacial score (nSPS) is 9.80. The zero-order valence-electron chi connectivity index (χ0n) is 7.92. The van der Waals surface area contributed by atoms with Gasteiger partial charge in [0.2, 0.25) is 0 Å². The summed E-state index contributed by atoms with van der Waals surface area (Å²) in [5.74, 6) is -2.92. The lowest BCUT2D eigenvalue weighted by Crippen LogP contribution is -2.10. The summed E-state index contributed by atoms with van der Waals surface area (Å²) < 4.78 is 30.4. The van der Waals surface area contributed by atoms with Gasteiger partial charge < -0.3 is 4.74 Å². The van der Waals surface area contributed by atoms with Gasteiger partial charge in [-0.1, -0.05) is 0 Å². The molecule has 0 spiro atoms. The summed E-state index contributed by atoms with van der Waals surface area (Å²) in [5.41, 5.74) is -0.890. The second-order valence-corrected chi connectivity index (χ2v) is 2.69. The first-order valence-electron chi connectivity index (χ1n) is 4.21. The second kappa shape index (κ2) is 4.63. The lowest BCUT2D eigenvalue weighted by molar-refractivity contribution is 0.0523. The van der Waals surface area contributed by atoms with Gasteiger partial charge in [0.1, 0.15) is 11.6 Å². The lowest BCUT2D eigenvalue weighted by Gasteiger charge is -2.05. The van der Waals surface area contributed by atoms with E-state index in [0.717, 1.165) is 6.07 Å². The number of carbonyl (C=O) groups excluding carboxylic acids is 2. The topological polar surface area (TPSA) is 43.4 Å². The van der Waals surface area contributed by atoms with E-state index in [1.54, 1.807) is 6.92 Å². The third-order valence-corrected chi connectivity index (χ3v) is 1.71. The first-order valence-corrected chi connectivity index (χ1v) is 4.21. The highest BCUT2D eigenvalue weighted by Crippen LogP contribution is 2.15. The molecule has 0 fully saturated rings. The molecule has 0 saturated carbocycles. The Balaban J connectivity index is 3.26. The summed E-state index contributed by atoms with van der Waals surface area (Å²) in [4.78, 5) is 21.7. The maximum Gasteiger partial charge on any atom is 0.339 e. The second-order valence-electron chi connectivity index (χ2n) is 2.69. The molecule has 1 aromatic carbocycles. The minimum atomic E-state index is -1.08. The molecular formula is C10H8F2O3. The molecule has 1 aromatic rings. The number of benzene rings is 1. The number of aldehydes is 1. The van der Waals surface area contributed by atoms with E-state index < -0.39 is 28.7 Å². The number of ether oxygens (including phenoxy) is 1. The van der Waals surface area contributed by atoms with Crippen LogP contribution in [-0.2, 0) is 4.74 Å². The molecule has 3 nitrogen and oxygen atoms in total. The fourth-order valence-corrected chi connectivity index (χ4v) is 1.08. The molecule has 0 unspecified atom stereocenters. The average molecular weight is 214 g/mol. The maximum atomic E-state index is 13.0. The van der Waals surface area contributed by atoms with Crippen LogP contribution >= 0.6 is 0 Å². The van der Waals surface area contributed by atoms with Crippen molar-refractivity contribution in [1.29, 1.82) is 0 Å². The molecule has 0 aliphatic carbocycles. The molecule has 0 heterocycles. The van der Waals surface area contributed by atoms with Gasteiger partial charge in [0.25, 0.3) is 0 Å². The van der Waals surface area contributed by atoms with Crippen LogP contribution in [0, 0.1) is 11.6 Å². The van der Waals surface area contributed by atoms with Crippen LogP contribution in [0.5, 0.6) is 0 Å². The van der Waals surface area contributed by atoms with Crippen LogP contribution in [0.25, 0.3) is 0 Å². The molecule has 0 radical (unpaired) electrons. The highest BCUT2D eigenvalue weighted by Gasteiger charge is 2.17. The van der Waals surface area contributed by atoms with E-state index >= 15 is 0 Å². The van der Waals surface area contributed by atoms with Crippen LogP contribution in [-0.4, -0.2) is 18.9 Å². The van der Waals surface area contributed by atoms with Gasteiger partial charge in [0.05, 0.1) is 17.7 Å². The van der Waals surface area contributed by atoms with E-state index in [1.165, 1.54) is 0 Å². The zero-order chi connectivity index (χ0) is 11.4. The Morgan fingerprint density at radius 2 is 2.13 bits per heavy atom. The number of halogens is 2. The van der Waals surface area contributed by atoms with Gasteiger partial charge in [-0.25, -0.2) is 13.6 Å². The van der Waals surface area contributed by atoms with Crippen molar-refractivity contribution < 1.29 is 23.1 Å². The number of hydrogen-bond donors (Lipinski definition) is 0. The van der Waals surface area contributed by atoms with Gasteiger partial charge in [0, 0.05) is 6.07 Å². The molecule has 0 bridgehead atoms. The van der Waals surface area contributed by atoms with Gasteiger partial charge in [-0.2, -0.15) is 0 Å². The largest absolute Gasteiger partial charge is 0.462 e. The van der Waals surface area contributed by atoms with Gasteiger partial charge >= 0.3 is 5.97 Å². The monoisotopic (exact) mass is 214 g/mol. The summed E-state index contributed by atoms with van der Waals surface area (Å²) in [5, 5.41) is 0. The van der Waals surface area contributed by atoms with E-state index in [2.05, 4.69) is 4.74 Å². The quantitative estimate of drug-likeness (QED) is 0.570. The van der Waals surface area contributed by atoms with Gasteiger partial charge in [-0.3, -0.25) is 4.79 Å². The van der Waals surface area contributed by atoms with Crippen molar-refractivity contribution in [3.63, 3.8) is 0 Å². The summed E-state index contributed by atoms with van der Waals surface area (Å²) in [7, 11) is 0. The van der Waals surface area contributed by atoms with E-state index in [-0.39, 0.29) is 12.9 Å². The van der Waals surface area contributed by atoms with Gasteiger partial charge in [-0.05, 0) is 13.0 Å². The Hall–Kier alpha value is -1.78. The predicted octanol–water partition coefficient (Wildman–Crippen LogP) is 1.95. The first kappa shape index (κ1) is 11.3. The molecule has 5 heteroatoms. The number of carbonyl (C=O) groups is 2. The van der Waals surface area contributed by atoms with Crippen molar-refractivity contribution in [1.82, 2.24) is 0 Å². The van der Waals surface area contributed by atoms with Crippen molar-refractivity contribution >= 4 is 12.3 Å². The van der Waals surface area contributed by atoms with E-state index in [0.29, 0.717) is 6.07 Å². The first-order chi connectivity index (χ1) is 7.10. The Labute approximate surface area is 84.7 Å². The minimum Gasteiger partial charge on any atom is -0.462 e. The predicted molar refractivity (Wildman–Crippen MR) is 47.7 cm³/mol. The molecule has 0 aliphatic rings. The van der Waals surface area contributed by atoms with Crippen molar-refractivity contribution in [2.45, 2.75) is 6.92 Å². The highest BCUT2D eigenvalue weighted by atomic mass is 19.1. The molecule has 0 aliphatic heterocycles. The molecule has 0 aromatic heterocycles. The Morgan fingerprint density at radius 3 is 2.67 bits per heavy atom. The molecule has 0 saturated heterocycles. The molecule has 0 N–H and O–H groups in total. The van der Waals surface area contributed by atoms with Crippen LogP contribution < -0.4 is 0 Å². The van der Waals surface area contributed by atoms with Crippen molar-refractivity contribution in [3.05, 3.63) is 34.9 Å². The molecule has 0 atom stereocenters. The number of hydrogen-bond acceptors (Lipinski definition) is 3. The van der Waals surface area contributed by atoms with Gasteiger partial charge in [0.15, 0.2) is 6.29 Å². The van der Waals surface area contributed by atoms with Crippen LogP contribution in [0.1, 0.15) is 27.6 Å². The minimum absolute atomic E-state index is 0.0647. The van der Waals surface area contributed by atoms with Gasteiger partial charge in [-0.15, -0.1) is 0 Å². The highest BCUT2D eigenvalue weighted by molar-refractivity contribution is 5.98. The third kappa shape index (κ3) is 2.37. The molecular weight excluding hydrogens is 206 g/mol. The fraction of sp³-hybridized carbons (Fsp3) is 0.200. The Morgan fingerprint density at radius 1 is 1.47 bits per heavy atom. The summed E-state index contributed by atoms with van der Waals surface area (Å²) >= 11 is 0. The molecule has 15 heavy (non-hydrogen) atoms. The third-order valence-electron chi connectivity index (χ3n) is 1.71. The summed E-state index contributed by atoms with van der Waals surface area (Å²) in [6, 6.07) is 1.30. The van der Waals surface area contributed by atoms with E-state index in [4.69, 9.17) is 0 Å². The molecule has 0 amide bonds. The van der Waals surface area contributed by atoms with Crippen molar-refractivity contribution in [2.75, 3.05) is 6.61 Å². The van der Waals surface area contributed by atoms with Crippen LogP contribution in [0.4, 0.5) is 8.78 Å². The zero-order valence-corrected chi connectivity index (χ0v) is 7.92. The average Bonchev–Trinajstić information content (AvgIpc) is 2.17. The number of esters is 1. The van der Waals surface area contributed by atoms with Crippen molar-refractivity contribution in [3.8, 4) is 0 Å². The van der Waals surface area contributed by atoms with E-state index in [1.807, 2.05) is 0 Å². The summed E-state index contributed by atoms with van der Waals surface area (Å²) in [6.07, 6.45) is 0.154. The summed E-state index contributed by atoms with van der Waals surface area (Å²) in [6.45, 7) is 1.61. The fourth-order valence-electron chi connectivity index (χ4n) is 1.08. The Bertz CT molecular complexity index is 402. The molecule has 1 rings (SSSR count). The number of rotatable bonds is 3. The van der Waals surface area contributed by atoms with Crippen molar-refractivity contribution in [2.24, 2.45) is 0 Å². The Kier molecular flexibility index (Phi) is 3.49. The van der Waals surface area contributed by atoms with E-state index in [9.17, 15) is 18.4 Å². The standard InChI is InChI=1S/C10H8F2O3/c1-2-15-10(14)7-3-6(11)4-9(12)8(7)5-13/h3-5H,2H2,1H3. The van der Waals surface area contributed by atoms with Crippen LogP contribution in [0.3, 0.4) is 0 Å². The lowest BCUT2D eigenvalue weighted by atomic mass is 10.1. The van der Waals surface area contributed by atoms with Crippen LogP contribution in [0.15, 0.2) is 12.1 Å². The SMILES string of the molecule is CCOC(=O)c1cc(F)cc(F)c1C=O. The maximum absolute atomic E-state index is 13.0. The molecule has 80 valence electrons. The smallest absolute Gasteiger partial charge is 0.339 e. The van der Waals surface area contributed by atoms with Crippen LogP contribution in [0.2, 0.25) is 0 Å².